The van der Waals surface area contributed by atoms with E-state index in [1.165, 1.54) is 0 Å². The number of Topliss-reactive ketones (excluding diaryl/α,β-unsaturated/α-hetero) is 1. The first-order valence-electron chi connectivity index (χ1n) is 12.9. The molecule has 2 unspecified atom stereocenters. The first-order valence-corrected chi connectivity index (χ1v) is 12.9. The number of carbonyl (C=O) groups excluding carboxylic acids is 2. The molecule has 36 heavy (non-hydrogen) atoms. The van der Waals surface area contributed by atoms with Gasteiger partial charge in [-0.1, -0.05) is 38.0 Å². The molecule has 0 radical (unpaired) electrons. The fraction of sp³-hybridized carbons (Fsp3) is 0.500. The summed E-state index contributed by atoms with van der Waals surface area (Å²) in [5.41, 5.74) is 1.56. The molecule has 0 saturated carbocycles. The average molecular weight is 493 g/mol. The predicted octanol–water partition coefficient (Wildman–Crippen LogP) is 4.94. The van der Waals surface area contributed by atoms with Gasteiger partial charge >= 0.3 is 0 Å². The van der Waals surface area contributed by atoms with Gasteiger partial charge in [-0.25, -0.2) is 9.97 Å². The van der Waals surface area contributed by atoms with Crippen LogP contribution < -0.4 is 10.1 Å². The summed E-state index contributed by atoms with van der Waals surface area (Å²) >= 11 is 0. The number of likely N-dealkylation sites (tertiary alicyclic amines) is 1. The molecule has 1 aliphatic heterocycles. The topological polar surface area (TPSA) is 97.6 Å². The van der Waals surface area contributed by atoms with E-state index in [4.69, 9.17) is 9.15 Å². The van der Waals surface area contributed by atoms with Crippen LogP contribution in [0, 0.1) is 5.92 Å². The zero-order valence-corrected chi connectivity index (χ0v) is 21.5. The Morgan fingerprint density at radius 2 is 2.08 bits per heavy atom. The highest BCUT2D eigenvalue weighted by Crippen LogP contribution is 2.34. The number of oxazole rings is 1. The third-order valence-electron chi connectivity index (χ3n) is 6.89. The highest BCUT2D eigenvalue weighted by molar-refractivity contribution is 5.85. The largest absolute Gasteiger partial charge is 0.480 e. The predicted molar refractivity (Wildman–Crippen MR) is 139 cm³/mol. The van der Waals surface area contributed by atoms with Crippen LogP contribution in [0.25, 0.3) is 22.2 Å². The fourth-order valence-electron chi connectivity index (χ4n) is 4.72. The van der Waals surface area contributed by atoms with Gasteiger partial charge in [0.25, 0.3) is 0 Å². The van der Waals surface area contributed by atoms with Gasteiger partial charge in [-0.3, -0.25) is 9.59 Å². The number of carbonyl (C=O) groups is 2. The Bertz CT molecular complexity index is 1190. The van der Waals surface area contributed by atoms with Crippen LogP contribution in [0.4, 0.5) is 0 Å². The van der Waals surface area contributed by atoms with Gasteiger partial charge in [-0.05, 0) is 45.0 Å². The van der Waals surface area contributed by atoms with E-state index in [-0.39, 0.29) is 17.9 Å². The molecule has 1 saturated heterocycles. The lowest BCUT2D eigenvalue weighted by Crippen LogP contribution is -2.35. The third kappa shape index (κ3) is 6.29. The Labute approximate surface area is 212 Å². The number of methoxy groups -OCH3 is 1. The van der Waals surface area contributed by atoms with E-state index in [2.05, 4.69) is 20.2 Å². The molecule has 192 valence electrons. The van der Waals surface area contributed by atoms with Crippen molar-refractivity contribution >= 4 is 22.6 Å². The van der Waals surface area contributed by atoms with E-state index in [1.807, 2.05) is 44.3 Å². The molecule has 0 spiro atoms. The molecule has 1 N–H and O–H groups in total. The van der Waals surface area contributed by atoms with Crippen molar-refractivity contribution in [1.82, 2.24) is 20.2 Å². The minimum Gasteiger partial charge on any atom is -0.480 e. The van der Waals surface area contributed by atoms with Crippen LogP contribution in [0.15, 0.2) is 40.9 Å². The summed E-state index contributed by atoms with van der Waals surface area (Å²) in [6.07, 6.45) is 7.06. The number of benzene rings is 1. The monoisotopic (exact) mass is 492 g/mol. The zero-order valence-electron chi connectivity index (χ0n) is 21.5. The minimum atomic E-state index is -0.335. The van der Waals surface area contributed by atoms with Crippen molar-refractivity contribution < 1.29 is 18.7 Å². The van der Waals surface area contributed by atoms with Gasteiger partial charge in [0, 0.05) is 24.8 Å². The Morgan fingerprint density at radius 1 is 1.25 bits per heavy atom. The molecule has 2 aromatic heterocycles. The highest BCUT2D eigenvalue weighted by atomic mass is 16.5. The number of ketones is 1. The van der Waals surface area contributed by atoms with E-state index >= 15 is 0 Å². The molecular formula is C28H36N4O4. The number of ether oxygens (including phenoxy) is 1. The van der Waals surface area contributed by atoms with Crippen molar-refractivity contribution in [1.29, 1.82) is 0 Å². The van der Waals surface area contributed by atoms with Crippen LogP contribution in [0.3, 0.4) is 0 Å². The Hall–Kier alpha value is -3.26. The summed E-state index contributed by atoms with van der Waals surface area (Å²) in [7, 11) is 3.62. The average Bonchev–Trinajstić information content (AvgIpc) is 3.56. The second-order valence-electron chi connectivity index (χ2n) is 9.60. The van der Waals surface area contributed by atoms with Crippen LogP contribution in [-0.2, 0) is 9.59 Å². The van der Waals surface area contributed by atoms with E-state index in [9.17, 15) is 9.59 Å². The van der Waals surface area contributed by atoms with Gasteiger partial charge in [-0.15, -0.1) is 0 Å². The number of pyridine rings is 1. The lowest BCUT2D eigenvalue weighted by Gasteiger charge is -2.18. The number of nitrogens with one attached hydrogen (secondary N) is 1. The standard InChI is InChI=1S/C28H36N4O4/c1-4-21(33)11-6-5-7-13-24(30-26(34)20-14-15-32(2)18-20)28-29-17-25(36-28)22-16-19-10-8-9-12-23(19)31-27(22)35-3/h8-10,12,16-17,20,24H,4-7,11,13-15,18H2,1-3H3,(H,30,34). The van der Waals surface area contributed by atoms with Gasteiger partial charge in [0.1, 0.15) is 11.8 Å². The van der Waals surface area contributed by atoms with Crippen molar-refractivity contribution in [3.05, 3.63) is 42.4 Å². The van der Waals surface area contributed by atoms with Gasteiger partial charge < -0.3 is 19.4 Å². The van der Waals surface area contributed by atoms with Gasteiger partial charge in [0.15, 0.2) is 5.76 Å². The Balaban J connectivity index is 1.52. The van der Waals surface area contributed by atoms with E-state index < -0.39 is 0 Å². The maximum atomic E-state index is 13.0. The van der Waals surface area contributed by atoms with E-state index in [0.717, 1.165) is 55.2 Å². The summed E-state index contributed by atoms with van der Waals surface area (Å²) < 4.78 is 11.7. The Kier molecular flexibility index (Phi) is 8.70. The highest BCUT2D eigenvalue weighted by Gasteiger charge is 2.29. The smallest absolute Gasteiger partial charge is 0.225 e. The molecule has 8 nitrogen and oxygen atoms in total. The minimum absolute atomic E-state index is 0.0288. The number of rotatable bonds is 12. The van der Waals surface area contributed by atoms with Crippen molar-refractivity contribution in [2.75, 3.05) is 27.2 Å². The zero-order chi connectivity index (χ0) is 25.5. The first kappa shape index (κ1) is 25.8. The van der Waals surface area contributed by atoms with Gasteiger partial charge in [-0.2, -0.15) is 0 Å². The molecule has 8 heteroatoms. The summed E-state index contributed by atoms with van der Waals surface area (Å²) in [5, 5.41) is 4.17. The lowest BCUT2D eigenvalue weighted by molar-refractivity contribution is -0.125. The summed E-state index contributed by atoms with van der Waals surface area (Å²) in [4.78, 5) is 36.0. The molecule has 3 aromatic rings. The second kappa shape index (κ2) is 12.1. The normalized spacial score (nSPS) is 16.8. The molecule has 1 amide bonds. The quantitative estimate of drug-likeness (QED) is 0.358. The number of para-hydroxylation sites is 1. The maximum absolute atomic E-state index is 13.0. The fourth-order valence-corrected chi connectivity index (χ4v) is 4.72. The number of amides is 1. The number of unbranched alkanes of at least 4 members (excludes halogenated alkanes) is 2. The molecule has 0 aliphatic carbocycles. The number of hydrogen-bond acceptors (Lipinski definition) is 7. The molecule has 1 aliphatic rings. The van der Waals surface area contributed by atoms with Crippen molar-refractivity contribution in [3.63, 3.8) is 0 Å². The SMILES string of the molecule is CCC(=O)CCCCCC(NC(=O)C1CCN(C)C1)c1ncc(-c2cc3ccccc3nc2OC)o1. The van der Waals surface area contributed by atoms with Crippen LogP contribution in [0.5, 0.6) is 5.88 Å². The second-order valence-corrected chi connectivity index (χ2v) is 9.60. The number of aromatic nitrogens is 2. The third-order valence-corrected chi connectivity index (χ3v) is 6.89. The van der Waals surface area contributed by atoms with Crippen LogP contribution in [0.1, 0.15) is 63.8 Å². The maximum Gasteiger partial charge on any atom is 0.225 e. The van der Waals surface area contributed by atoms with Crippen molar-refractivity contribution in [2.24, 2.45) is 5.92 Å². The molecule has 3 heterocycles. The number of hydrogen-bond donors (Lipinski definition) is 1. The van der Waals surface area contributed by atoms with Crippen LogP contribution >= 0.6 is 0 Å². The van der Waals surface area contributed by atoms with Gasteiger partial charge in [0.05, 0.1) is 30.3 Å². The first-order chi connectivity index (χ1) is 17.5. The van der Waals surface area contributed by atoms with Crippen LogP contribution in [-0.4, -0.2) is 53.8 Å². The van der Waals surface area contributed by atoms with Gasteiger partial charge in [0.2, 0.25) is 17.7 Å². The molecule has 1 aromatic carbocycles. The molecule has 4 rings (SSSR count). The van der Waals surface area contributed by atoms with Crippen molar-refractivity contribution in [2.45, 2.75) is 57.9 Å². The van der Waals surface area contributed by atoms with Crippen molar-refractivity contribution in [3.8, 4) is 17.2 Å². The molecule has 0 bridgehead atoms. The Morgan fingerprint density at radius 3 is 2.83 bits per heavy atom. The molecular weight excluding hydrogens is 456 g/mol. The molecule has 2 atom stereocenters. The number of fused-ring (bicyclic) bond motifs is 1. The summed E-state index contributed by atoms with van der Waals surface area (Å²) in [6, 6.07) is 9.48. The number of nitrogens with zero attached hydrogens (tertiary/aromatic N) is 3. The summed E-state index contributed by atoms with van der Waals surface area (Å²) in [5.74, 6) is 1.79. The van der Waals surface area contributed by atoms with Crippen LogP contribution in [0.2, 0.25) is 0 Å². The van der Waals surface area contributed by atoms with E-state index in [1.54, 1.807) is 13.3 Å². The van der Waals surface area contributed by atoms with E-state index in [0.29, 0.717) is 42.6 Å². The lowest BCUT2D eigenvalue weighted by atomic mass is 10.0. The molecule has 1 fully saturated rings. The summed E-state index contributed by atoms with van der Waals surface area (Å²) in [6.45, 7) is 3.58.